The number of hydrogen-bond donors (Lipinski definition) is 2. The maximum atomic E-state index is 12.4. The molecule has 1 aliphatic rings. The predicted octanol–water partition coefficient (Wildman–Crippen LogP) is 0.562. The molecule has 0 amide bonds. The van der Waals surface area contributed by atoms with Gasteiger partial charge in [0.15, 0.2) is 5.03 Å². The minimum Gasteiger partial charge on any atom is -0.335 e. The topological polar surface area (TPSA) is 78.1 Å². The van der Waals surface area contributed by atoms with E-state index in [0.29, 0.717) is 13.1 Å². The van der Waals surface area contributed by atoms with Gasteiger partial charge in [0.05, 0.1) is 12.5 Å². The average molecular weight is 272 g/mol. The molecule has 2 heterocycles. The second kappa shape index (κ2) is 5.81. The van der Waals surface area contributed by atoms with Crippen molar-refractivity contribution in [2.24, 2.45) is 0 Å². The molecule has 1 fully saturated rings. The number of sulfonamides is 1. The molecule has 2 N–H and O–H groups in total. The molecule has 102 valence electrons. The first-order valence-electron chi connectivity index (χ1n) is 6.37. The zero-order chi connectivity index (χ0) is 13.0. The van der Waals surface area contributed by atoms with Gasteiger partial charge in [-0.15, -0.1) is 0 Å². The lowest BCUT2D eigenvalue weighted by atomic mass is 10.1. The largest absolute Gasteiger partial charge is 0.335 e. The molecule has 0 aromatic carbocycles. The number of rotatable bonds is 5. The number of nitrogens with one attached hydrogen (secondary N) is 2. The van der Waals surface area contributed by atoms with E-state index in [-0.39, 0.29) is 11.1 Å². The summed E-state index contributed by atoms with van der Waals surface area (Å²) in [5, 5.41) is 3.42. The number of piperidine rings is 1. The molecule has 0 saturated carbocycles. The Morgan fingerprint density at radius 3 is 3.06 bits per heavy atom. The van der Waals surface area contributed by atoms with Crippen LogP contribution in [0.2, 0.25) is 0 Å². The van der Waals surface area contributed by atoms with E-state index < -0.39 is 10.0 Å². The highest BCUT2D eigenvalue weighted by Gasteiger charge is 2.33. The lowest BCUT2D eigenvalue weighted by Crippen LogP contribution is -2.48. The maximum Gasteiger partial charge on any atom is 0.260 e. The van der Waals surface area contributed by atoms with Crippen LogP contribution in [-0.4, -0.2) is 48.4 Å². The monoisotopic (exact) mass is 272 g/mol. The number of aromatic amines is 1. The van der Waals surface area contributed by atoms with Crippen molar-refractivity contribution in [3.05, 3.63) is 12.5 Å². The van der Waals surface area contributed by atoms with E-state index in [0.717, 1.165) is 25.8 Å². The Balaban J connectivity index is 2.18. The zero-order valence-electron chi connectivity index (χ0n) is 10.6. The van der Waals surface area contributed by atoms with Crippen molar-refractivity contribution in [2.75, 3.05) is 19.6 Å². The van der Waals surface area contributed by atoms with Gasteiger partial charge >= 0.3 is 0 Å². The van der Waals surface area contributed by atoms with Crippen LogP contribution in [0.4, 0.5) is 0 Å². The van der Waals surface area contributed by atoms with Crippen LogP contribution in [-0.2, 0) is 10.0 Å². The summed E-state index contributed by atoms with van der Waals surface area (Å²) in [5.41, 5.74) is 0. The first-order chi connectivity index (χ1) is 8.66. The molecular weight excluding hydrogens is 252 g/mol. The molecule has 0 spiro atoms. The molecule has 18 heavy (non-hydrogen) atoms. The van der Waals surface area contributed by atoms with Crippen molar-refractivity contribution in [3.8, 4) is 0 Å². The second-order valence-electron chi connectivity index (χ2n) is 4.49. The van der Waals surface area contributed by atoms with Crippen LogP contribution in [0.25, 0.3) is 0 Å². The summed E-state index contributed by atoms with van der Waals surface area (Å²) in [6.07, 6.45) is 5.70. The highest BCUT2D eigenvalue weighted by atomic mass is 32.2. The van der Waals surface area contributed by atoms with Gasteiger partial charge < -0.3 is 10.3 Å². The number of aromatic nitrogens is 2. The van der Waals surface area contributed by atoms with Crippen molar-refractivity contribution in [2.45, 2.75) is 37.3 Å². The van der Waals surface area contributed by atoms with Crippen LogP contribution in [0.5, 0.6) is 0 Å². The summed E-state index contributed by atoms with van der Waals surface area (Å²) < 4.78 is 26.5. The normalized spacial score (nSPS) is 22.2. The quantitative estimate of drug-likeness (QED) is 0.821. The van der Waals surface area contributed by atoms with Crippen LogP contribution < -0.4 is 5.32 Å². The van der Waals surface area contributed by atoms with Crippen LogP contribution in [0, 0.1) is 0 Å². The van der Waals surface area contributed by atoms with Crippen molar-refractivity contribution < 1.29 is 8.42 Å². The average Bonchev–Trinajstić information content (AvgIpc) is 2.91. The summed E-state index contributed by atoms with van der Waals surface area (Å²) in [6, 6.07) is 0.0481. The van der Waals surface area contributed by atoms with Crippen LogP contribution >= 0.6 is 0 Å². The zero-order valence-corrected chi connectivity index (χ0v) is 11.4. The summed E-state index contributed by atoms with van der Waals surface area (Å²) in [5.74, 6) is 0. The lowest BCUT2D eigenvalue weighted by Gasteiger charge is -2.34. The van der Waals surface area contributed by atoms with Gasteiger partial charge in [-0.1, -0.05) is 13.3 Å². The van der Waals surface area contributed by atoms with E-state index in [2.05, 4.69) is 15.3 Å². The predicted molar refractivity (Wildman–Crippen MR) is 68.7 cm³/mol. The van der Waals surface area contributed by atoms with Crippen LogP contribution in [0.3, 0.4) is 0 Å². The summed E-state index contributed by atoms with van der Waals surface area (Å²) in [7, 11) is -3.42. The Hall–Kier alpha value is -0.920. The van der Waals surface area contributed by atoms with E-state index in [1.807, 2.05) is 6.92 Å². The van der Waals surface area contributed by atoms with Crippen molar-refractivity contribution in [1.29, 1.82) is 0 Å². The number of nitrogens with zero attached hydrogens (tertiary/aromatic N) is 2. The van der Waals surface area contributed by atoms with Crippen molar-refractivity contribution in [1.82, 2.24) is 19.6 Å². The smallest absolute Gasteiger partial charge is 0.260 e. The van der Waals surface area contributed by atoms with Crippen molar-refractivity contribution in [3.63, 3.8) is 0 Å². The Kier molecular flexibility index (Phi) is 4.36. The van der Waals surface area contributed by atoms with Gasteiger partial charge in [0.25, 0.3) is 10.0 Å². The fraction of sp³-hybridized carbons (Fsp3) is 0.727. The third-order valence-corrected chi connectivity index (χ3v) is 5.14. The molecule has 1 aromatic rings. The second-order valence-corrected chi connectivity index (χ2v) is 6.35. The standard InChI is InChI=1S/C11H20N4O2S/c1-2-12-7-10-5-3-4-6-15(10)18(16,17)11-8-13-9-14-11/h8-10,12H,2-7H2,1H3,(H,13,14). The molecule has 1 unspecified atom stereocenters. The van der Waals surface area contributed by atoms with Crippen molar-refractivity contribution >= 4 is 10.0 Å². The molecule has 1 atom stereocenters. The molecule has 0 radical (unpaired) electrons. The highest BCUT2D eigenvalue weighted by Crippen LogP contribution is 2.23. The van der Waals surface area contributed by atoms with E-state index in [1.165, 1.54) is 12.5 Å². The Morgan fingerprint density at radius 1 is 1.56 bits per heavy atom. The molecule has 0 aliphatic carbocycles. The third kappa shape index (κ3) is 2.73. The van der Waals surface area contributed by atoms with E-state index >= 15 is 0 Å². The molecule has 0 bridgehead atoms. The molecule has 2 rings (SSSR count). The van der Waals surface area contributed by atoms with E-state index in [1.54, 1.807) is 4.31 Å². The summed E-state index contributed by atoms with van der Waals surface area (Å²) in [4.78, 5) is 6.48. The Morgan fingerprint density at radius 2 is 2.39 bits per heavy atom. The van der Waals surface area contributed by atoms with Gasteiger partial charge in [0.1, 0.15) is 0 Å². The van der Waals surface area contributed by atoms with Gasteiger partial charge in [0, 0.05) is 19.1 Å². The molecule has 1 aromatic heterocycles. The minimum atomic E-state index is -3.42. The Bertz CT molecular complexity index is 457. The lowest BCUT2D eigenvalue weighted by molar-refractivity contribution is 0.246. The van der Waals surface area contributed by atoms with Gasteiger partial charge in [-0.05, 0) is 19.4 Å². The van der Waals surface area contributed by atoms with Gasteiger partial charge in [-0.25, -0.2) is 13.4 Å². The van der Waals surface area contributed by atoms with Crippen LogP contribution in [0.15, 0.2) is 17.6 Å². The summed E-state index contributed by atoms with van der Waals surface area (Å²) in [6.45, 7) is 4.19. The summed E-state index contributed by atoms with van der Waals surface area (Å²) >= 11 is 0. The molecule has 7 heteroatoms. The first-order valence-corrected chi connectivity index (χ1v) is 7.81. The molecule has 1 aliphatic heterocycles. The van der Waals surface area contributed by atoms with E-state index in [9.17, 15) is 8.42 Å². The van der Waals surface area contributed by atoms with E-state index in [4.69, 9.17) is 0 Å². The number of imidazole rings is 1. The van der Waals surface area contributed by atoms with Crippen LogP contribution in [0.1, 0.15) is 26.2 Å². The fourth-order valence-electron chi connectivity index (χ4n) is 2.32. The fourth-order valence-corrected chi connectivity index (χ4v) is 3.91. The SMILES string of the molecule is CCNCC1CCCCN1S(=O)(=O)c1cnc[nH]1. The third-order valence-electron chi connectivity index (χ3n) is 3.26. The number of H-pyrrole nitrogens is 1. The molecule has 1 saturated heterocycles. The molecular formula is C11H20N4O2S. The number of hydrogen-bond acceptors (Lipinski definition) is 4. The first kappa shape index (κ1) is 13.5. The molecule has 6 nitrogen and oxygen atoms in total. The highest BCUT2D eigenvalue weighted by molar-refractivity contribution is 7.89. The maximum absolute atomic E-state index is 12.4. The Labute approximate surface area is 108 Å². The van der Waals surface area contributed by atoms with Gasteiger partial charge in [-0.2, -0.15) is 4.31 Å². The number of likely N-dealkylation sites (N-methyl/N-ethyl adjacent to an activating group) is 1. The van der Waals surface area contributed by atoms with Gasteiger partial charge in [0.2, 0.25) is 0 Å². The van der Waals surface area contributed by atoms with Gasteiger partial charge in [-0.3, -0.25) is 0 Å². The minimum absolute atomic E-state index is 0.0481.